The van der Waals surface area contributed by atoms with Gasteiger partial charge in [0.05, 0.1) is 32.0 Å². The fourth-order valence-corrected chi connectivity index (χ4v) is 3.72. The first-order valence-corrected chi connectivity index (χ1v) is 8.86. The summed E-state index contributed by atoms with van der Waals surface area (Å²) < 4.78 is 11.8. The standard InChI is InChI=1S/C20H22N2O4/c23-18-6-3-4-15(10-18)19(24)22-13-20(14-22)16(7-9-26-20)11-25-12-17-5-1-2-8-21-17/h1-6,8,10,16,23H,7,9,11-14H2. The molecular formula is C20H22N2O4. The summed E-state index contributed by atoms with van der Waals surface area (Å²) in [6.07, 6.45) is 2.70. The molecule has 3 heterocycles. The molecule has 6 nitrogen and oxygen atoms in total. The van der Waals surface area contributed by atoms with Gasteiger partial charge in [-0.25, -0.2) is 0 Å². The van der Waals surface area contributed by atoms with E-state index in [1.165, 1.54) is 6.07 Å². The Bertz CT molecular complexity index is 774. The lowest BCUT2D eigenvalue weighted by Gasteiger charge is -2.50. The van der Waals surface area contributed by atoms with E-state index in [2.05, 4.69) is 4.98 Å². The minimum atomic E-state index is -0.295. The molecule has 2 aliphatic heterocycles. The second kappa shape index (κ2) is 7.05. The van der Waals surface area contributed by atoms with E-state index in [4.69, 9.17) is 9.47 Å². The zero-order valence-electron chi connectivity index (χ0n) is 14.5. The number of phenolic OH excluding ortho intramolecular Hbond substituents is 1. The van der Waals surface area contributed by atoms with Crippen molar-refractivity contribution in [2.24, 2.45) is 5.92 Å². The number of benzene rings is 1. The van der Waals surface area contributed by atoms with Gasteiger partial charge in [0.15, 0.2) is 0 Å². The van der Waals surface area contributed by atoms with E-state index in [0.29, 0.717) is 38.5 Å². The van der Waals surface area contributed by atoms with Crippen molar-refractivity contribution >= 4 is 5.91 Å². The number of aromatic hydroxyl groups is 1. The molecule has 2 aromatic rings. The van der Waals surface area contributed by atoms with Gasteiger partial charge < -0.3 is 19.5 Å². The van der Waals surface area contributed by atoms with E-state index in [-0.39, 0.29) is 23.2 Å². The van der Waals surface area contributed by atoms with Gasteiger partial charge in [-0.15, -0.1) is 0 Å². The van der Waals surface area contributed by atoms with Crippen molar-refractivity contribution in [3.05, 3.63) is 59.9 Å². The maximum absolute atomic E-state index is 12.5. The summed E-state index contributed by atoms with van der Waals surface area (Å²) in [5, 5.41) is 9.56. The van der Waals surface area contributed by atoms with Crippen molar-refractivity contribution in [2.45, 2.75) is 18.6 Å². The molecular weight excluding hydrogens is 332 g/mol. The molecule has 1 aromatic carbocycles. The molecule has 1 aromatic heterocycles. The van der Waals surface area contributed by atoms with Crippen LogP contribution >= 0.6 is 0 Å². The molecule has 0 aliphatic carbocycles. The molecule has 2 aliphatic rings. The number of rotatable bonds is 5. The molecule has 136 valence electrons. The molecule has 0 radical (unpaired) electrons. The highest BCUT2D eigenvalue weighted by atomic mass is 16.5. The molecule has 0 saturated carbocycles. The number of phenols is 1. The number of likely N-dealkylation sites (tertiary alicyclic amines) is 1. The lowest BCUT2D eigenvalue weighted by Crippen LogP contribution is -2.66. The summed E-state index contributed by atoms with van der Waals surface area (Å²) in [7, 11) is 0. The van der Waals surface area contributed by atoms with Crippen LogP contribution in [0.2, 0.25) is 0 Å². The number of nitrogens with zero attached hydrogens (tertiary/aromatic N) is 2. The summed E-state index contributed by atoms with van der Waals surface area (Å²) in [6, 6.07) is 12.2. The second-order valence-corrected chi connectivity index (χ2v) is 6.95. The number of hydrogen-bond acceptors (Lipinski definition) is 5. The Morgan fingerprint density at radius 3 is 2.96 bits per heavy atom. The van der Waals surface area contributed by atoms with Crippen LogP contribution in [0.3, 0.4) is 0 Å². The van der Waals surface area contributed by atoms with Gasteiger partial charge in [0.25, 0.3) is 5.91 Å². The van der Waals surface area contributed by atoms with Crippen molar-refractivity contribution in [1.29, 1.82) is 0 Å². The Morgan fingerprint density at radius 1 is 1.31 bits per heavy atom. The molecule has 4 rings (SSSR count). The number of carbonyl (C=O) groups excluding carboxylic acids is 1. The van der Waals surface area contributed by atoms with E-state index in [1.807, 2.05) is 18.2 Å². The molecule has 1 N–H and O–H groups in total. The molecule has 2 fully saturated rings. The van der Waals surface area contributed by atoms with E-state index >= 15 is 0 Å². The van der Waals surface area contributed by atoms with Crippen molar-refractivity contribution < 1.29 is 19.4 Å². The normalized spacial score (nSPS) is 20.9. The molecule has 26 heavy (non-hydrogen) atoms. The first-order chi connectivity index (χ1) is 12.7. The summed E-state index contributed by atoms with van der Waals surface area (Å²) in [6.45, 7) is 2.92. The van der Waals surface area contributed by atoms with Crippen LogP contribution in [-0.4, -0.2) is 52.8 Å². The van der Waals surface area contributed by atoms with Crippen LogP contribution in [0.1, 0.15) is 22.5 Å². The van der Waals surface area contributed by atoms with Gasteiger partial charge in [-0.3, -0.25) is 9.78 Å². The van der Waals surface area contributed by atoms with Crippen LogP contribution < -0.4 is 0 Å². The largest absolute Gasteiger partial charge is 0.508 e. The van der Waals surface area contributed by atoms with Crippen molar-refractivity contribution in [2.75, 3.05) is 26.3 Å². The van der Waals surface area contributed by atoms with Crippen molar-refractivity contribution in [1.82, 2.24) is 9.88 Å². The van der Waals surface area contributed by atoms with Crippen LogP contribution in [0.4, 0.5) is 0 Å². The third-order valence-electron chi connectivity index (χ3n) is 5.19. The van der Waals surface area contributed by atoms with Gasteiger partial charge >= 0.3 is 0 Å². The number of carbonyl (C=O) groups is 1. The molecule has 0 bridgehead atoms. The number of amides is 1. The Morgan fingerprint density at radius 2 is 2.19 bits per heavy atom. The van der Waals surface area contributed by atoms with Crippen LogP contribution in [0.5, 0.6) is 5.75 Å². The Labute approximate surface area is 152 Å². The van der Waals surface area contributed by atoms with E-state index < -0.39 is 0 Å². The van der Waals surface area contributed by atoms with Gasteiger partial charge in [0.1, 0.15) is 11.4 Å². The zero-order chi connectivity index (χ0) is 18.0. The quantitative estimate of drug-likeness (QED) is 0.892. The van der Waals surface area contributed by atoms with Crippen molar-refractivity contribution in [3.63, 3.8) is 0 Å². The molecule has 2 saturated heterocycles. The van der Waals surface area contributed by atoms with Gasteiger partial charge in [0.2, 0.25) is 0 Å². The number of pyridine rings is 1. The average molecular weight is 354 g/mol. The molecule has 1 unspecified atom stereocenters. The fourth-order valence-electron chi connectivity index (χ4n) is 3.72. The molecule has 1 spiro atoms. The first kappa shape index (κ1) is 17.0. The zero-order valence-corrected chi connectivity index (χ0v) is 14.5. The average Bonchev–Trinajstić information content (AvgIpc) is 3.05. The van der Waals surface area contributed by atoms with Gasteiger partial charge in [-0.1, -0.05) is 12.1 Å². The summed E-state index contributed by atoms with van der Waals surface area (Å²) in [5.41, 5.74) is 1.12. The smallest absolute Gasteiger partial charge is 0.254 e. The fraction of sp³-hybridized carbons (Fsp3) is 0.400. The highest BCUT2D eigenvalue weighted by Crippen LogP contribution is 2.40. The van der Waals surface area contributed by atoms with Gasteiger partial charge in [0, 0.05) is 24.3 Å². The summed E-state index contributed by atoms with van der Waals surface area (Å²) in [4.78, 5) is 18.6. The third kappa shape index (κ3) is 3.30. The van der Waals surface area contributed by atoms with Crippen LogP contribution in [-0.2, 0) is 16.1 Å². The Balaban J connectivity index is 1.32. The van der Waals surface area contributed by atoms with Crippen LogP contribution in [0, 0.1) is 5.92 Å². The number of ether oxygens (including phenoxy) is 2. The maximum atomic E-state index is 12.5. The van der Waals surface area contributed by atoms with Gasteiger partial charge in [-0.05, 0) is 36.8 Å². The maximum Gasteiger partial charge on any atom is 0.254 e. The predicted molar refractivity (Wildman–Crippen MR) is 94.7 cm³/mol. The minimum absolute atomic E-state index is 0.0739. The minimum Gasteiger partial charge on any atom is -0.508 e. The first-order valence-electron chi connectivity index (χ1n) is 8.86. The van der Waals surface area contributed by atoms with E-state index in [0.717, 1.165) is 12.1 Å². The molecule has 6 heteroatoms. The molecule has 1 atom stereocenters. The number of aromatic nitrogens is 1. The van der Waals surface area contributed by atoms with Crippen molar-refractivity contribution in [3.8, 4) is 5.75 Å². The second-order valence-electron chi connectivity index (χ2n) is 6.95. The summed E-state index contributed by atoms with van der Waals surface area (Å²) in [5.74, 6) is 0.304. The van der Waals surface area contributed by atoms with E-state index in [1.54, 1.807) is 29.3 Å². The lowest BCUT2D eigenvalue weighted by atomic mass is 9.81. The highest BCUT2D eigenvalue weighted by molar-refractivity contribution is 5.95. The topological polar surface area (TPSA) is 71.9 Å². The monoisotopic (exact) mass is 354 g/mol. The number of hydrogen-bond donors (Lipinski definition) is 1. The Kier molecular flexibility index (Phi) is 4.61. The Hall–Kier alpha value is -2.44. The lowest BCUT2D eigenvalue weighted by molar-refractivity contribution is -0.129. The third-order valence-corrected chi connectivity index (χ3v) is 5.19. The van der Waals surface area contributed by atoms with Crippen LogP contribution in [0.15, 0.2) is 48.7 Å². The van der Waals surface area contributed by atoms with Crippen LogP contribution in [0.25, 0.3) is 0 Å². The summed E-state index contributed by atoms with van der Waals surface area (Å²) >= 11 is 0. The predicted octanol–water partition coefficient (Wildman–Crippen LogP) is 2.24. The van der Waals surface area contributed by atoms with E-state index in [9.17, 15) is 9.90 Å². The van der Waals surface area contributed by atoms with Gasteiger partial charge in [-0.2, -0.15) is 0 Å². The SMILES string of the molecule is O=C(c1cccc(O)c1)N1CC2(C1)OCCC2COCc1ccccn1. The molecule has 1 amide bonds. The highest BCUT2D eigenvalue weighted by Gasteiger charge is 2.54.